The number of furan rings is 1. The molecule has 94 valence electrons. The van der Waals surface area contributed by atoms with E-state index in [9.17, 15) is 4.79 Å². The van der Waals surface area contributed by atoms with Crippen molar-refractivity contribution in [1.82, 2.24) is 15.3 Å². The Hall–Kier alpha value is -2.37. The first-order valence-electron chi connectivity index (χ1n) is 5.56. The molecule has 0 aliphatic carbocycles. The summed E-state index contributed by atoms with van der Waals surface area (Å²) in [5.74, 6) is 0.747. The summed E-state index contributed by atoms with van der Waals surface area (Å²) in [7, 11) is 0. The van der Waals surface area contributed by atoms with Gasteiger partial charge in [-0.05, 0) is 19.1 Å². The van der Waals surface area contributed by atoms with E-state index in [0.717, 1.165) is 5.76 Å². The molecule has 3 N–H and O–H groups in total. The minimum Gasteiger partial charge on any atom is -0.469 e. The third kappa shape index (κ3) is 3.07. The highest BCUT2D eigenvalue weighted by atomic mass is 16.3. The van der Waals surface area contributed by atoms with Crippen LogP contribution in [-0.2, 0) is 6.42 Å². The summed E-state index contributed by atoms with van der Waals surface area (Å²) in [6.07, 6.45) is 5.00. The van der Waals surface area contributed by atoms with Crippen molar-refractivity contribution >= 4 is 11.7 Å². The van der Waals surface area contributed by atoms with Gasteiger partial charge in [0.2, 0.25) is 0 Å². The molecule has 2 heterocycles. The summed E-state index contributed by atoms with van der Waals surface area (Å²) in [5, 5.41) is 2.80. The molecule has 2 aromatic heterocycles. The average molecular weight is 246 g/mol. The van der Waals surface area contributed by atoms with Crippen LogP contribution < -0.4 is 11.1 Å². The largest absolute Gasteiger partial charge is 0.469 e. The molecular formula is C12H14N4O2. The lowest BCUT2D eigenvalue weighted by Gasteiger charge is -2.11. The number of amides is 1. The molecule has 0 saturated carbocycles. The maximum absolute atomic E-state index is 11.8. The van der Waals surface area contributed by atoms with E-state index in [1.807, 2.05) is 19.1 Å². The molecular weight excluding hydrogens is 232 g/mol. The second-order valence-corrected chi connectivity index (χ2v) is 3.99. The first-order valence-corrected chi connectivity index (χ1v) is 5.56. The number of hydrogen-bond acceptors (Lipinski definition) is 5. The Morgan fingerprint density at radius 2 is 2.39 bits per heavy atom. The Bertz CT molecular complexity index is 525. The molecule has 1 unspecified atom stereocenters. The van der Waals surface area contributed by atoms with Gasteiger partial charge in [-0.25, -0.2) is 4.98 Å². The Balaban J connectivity index is 1.95. The summed E-state index contributed by atoms with van der Waals surface area (Å²) in [6.45, 7) is 1.89. The van der Waals surface area contributed by atoms with Gasteiger partial charge in [-0.3, -0.25) is 9.78 Å². The number of carbonyl (C=O) groups excluding carboxylic acids is 1. The Labute approximate surface area is 104 Å². The minimum absolute atomic E-state index is 0.0631. The Kier molecular flexibility index (Phi) is 3.57. The van der Waals surface area contributed by atoms with Crippen LogP contribution in [0.2, 0.25) is 0 Å². The van der Waals surface area contributed by atoms with E-state index in [0.29, 0.717) is 6.42 Å². The standard InChI is InChI=1S/C12H14N4O2/c1-8(5-9-3-2-4-18-9)15-12(17)10-6-14-7-11(13)16-10/h2-4,6-8H,5H2,1H3,(H2,13,16)(H,15,17). The van der Waals surface area contributed by atoms with Crippen molar-refractivity contribution < 1.29 is 9.21 Å². The Morgan fingerprint density at radius 3 is 3.06 bits per heavy atom. The van der Waals surface area contributed by atoms with Crippen LogP contribution in [0, 0.1) is 0 Å². The second-order valence-electron chi connectivity index (χ2n) is 3.99. The first-order chi connectivity index (χ1) is 8.65. The van der Waals surface area contributed by atoms with Crippen molar-refractivity contribution in [3.05, 3.63) is 42.2 Å². The number of aromatic nitrogens is 2. The molecule has 0 aromatic carbocycles. The zero-order chi connectivity index (χ0) is 13.0. The van der Waals surface area contributed by atoms with E-state index < -0.39 is 0 Å². The monoisotopic (exact) mass is 246 g/mol. The average Bonchev–Trinajstić information content (AvgIpc) is 2.81. The lowest BCUT2D eigenvalue weighted by molar-refractivity contribution is 0.0934. The molecule has 1 atom stereocenters. The van der Waals surface area contributed by atoms with E-state index in [1.165, 1.54) is 12.4 Å². The molecule has 6 nitrogen and oxygen atoms in total. The van der Waals surface area contributed by atoms with Gasteiger partial charge in [0.1, 0.15) is 17.3 Å². The van der Waals surface area contributed by atoms with E-state index in [2.05, 4.69) is 15.3 Å². The molecule has 0 radical (unpaired) electrons. The molecule has 2 rings (SSSR count). The fraction of sp³-hybridized carbons (Fsp3) is 0.250. The highest BCUT2D eigenvalue weighted by Gasteiger charge is 2.13. The van der Waals surface area contributed by atoms with Crippen LogP contribution in [0.15, 0.2) is 35.2 Å². The number of nitrogens with zero attached hydrogens (tertiary/aromatic N) is 2. The molecule has 0 bridgehead atoms. The first kappa shape index (κ1) is 12.1. The highest BCUT2D eigenvalue weighted by molar-refractivity contribution is 5.92. The molecule has 0 saturated heterocycles. The molecule has 0 aliphatic heterocycles. The summed E-state index contributed by atoms with van der Waals surface area (Å²) in [4.78, 5) is 19.6. The predicted octanol–water partition coefficient (Wildman–Crippen LogP) is 1.01. The van der Waals surface area contributed by atoms with Gasteiger partial charge in [0, 0.05) is 12.5 Å². The minimum atomic E-state index is -0.297. The fourth-order valence-electron chi connectivity index (χ4n) is 1.57. The third-order valence-corrected chi connectivity index (χ3v) is 2.35. The number of nitrogens with two attached hydrogens (primary N) is 1. The SMILES string of the molecule is CC(Cc1ccco1)NC(=O)c1cncc(N)n1. The van der Waals surface area contributed by atoms with Crippen molar-refractivity contribution in [3.8, 4) is 0 Å². The maximum Gasteiger partial charge on any atom is 0.271 e. The summed E-state index contributed by atoms with van der Waals surface area (Å²) in [6, 6.07) is 3.61. The fourth-order valence-corrected chi connectivity index (χ4v) is 1.57. The number of anilines is 1. The van der Waals surface area contributed by atoms with Crippen LogP contribution in [0.3, 0.4) is 0 Å². The van der Waals surface area contributed by atoms with E-state index in [4.69, 9.17) is 10.2 Å². The van der Waals surface area contributed by atoms with Crippen molar-refractivity contribution in [2.75, 3.05) is 5.73 Å². The maximum atomic E-state index is 11.8. The topological polar surface area (TPSA) is 94.0 Å². The number of carbonyl (C=O) groups is 1. The van der Waals surface area contributed by atoms with Crippen molar-refractivity contribution in [2.45, 2.75) is 19.4 Å². The van der Waals surface area contributed by atoms with Gasteiger partial charge in [0.05, 0.1) is 18.7 Å². The van der Waals surface area contributed by atoms with Crippen molar-refractivity contribution in [3.63, 3.8) is 0 Å². The Morgan fingerprint density at radius 1 is 1.56 bits per heavy atom. The molecule has 0 fully saturated rings. The van der Waals surface area contributed by atoms with Crippen LogP contribution in [0.25, 0.3) is 0 Å². The number of nitrogen functional groups attached to an aromatic ring is 1. The molecule has 1 amide bonds. The second kappa shape index (κ2) is 5.31. The normalized spacial score (nSPS) is 12.1. The molecule has 6 heteroatoms. The summed E-state index contributed by atoms with van der Waals surface area (Å²) >= 11 is 0. The molecule has 18 heavy (non-hydrogen) atoms. The van der Waals surface area contributed by atoms with Gasteiger partial charge >= 0.3 is 0 Å². The number of hydrogen-bond donors (Lipinski definition) is 2. The van der Waals surface area contributed by atoms with Crippen LogP contribution >= 0.6 is 0 Å². The lowest BCUT2D eigenvalue weighted by Crippen LogP contribution is -2.34. The van der Waals surface area contributed by atoms with Gasteiger partial charge < -0.3 is 15.5 Å². The van der Waals surface area contributed by atoms with Gasteiger partial charge in [0.15, 0.2) is 0 Å². The number of nitrogens with one attached hydrogen (secondary N) is 1. The van der Waals surface area contributed by atoms with E-state index >= 15 is 0 Å². The third-order valence-electron chi connectivity index (χ3n) is 2.35. The van der Waals surface area contributed by atoms with Gasteiger partial charge in [-0.2, -0.15) is 0 Å². The quantitative estimate of drug-likeness (QED) is 0.839. The smallest absolute Gasteiger partial charge is 0.271 e. The van der Waals surface area contributed by atoms with Crippen LogP contribution in [-0.4, -0.2) is 21.9 Å². The van der Waals surface area contributed by atoms with Crippen LogP contribution in [0.4, 0.5) is 5.82 Å². The lowest BCUT2D eigenvalue weighted by atomic mass is 10.2. The van der Waals surface area contributed by atoms with Gasteiger partial charge in [-0.1, -0.05) is 0 Å². The van der Waals surface area contributed by atoms with Crippen LogP contribution in [0.5, 0.6) is 0 Å². The zero-order valence-corrected chi connectivity index (χ0v) is 9.96. The highest BCUT2D eigenvalue weighted by Crippen LogP contribution is 2.05. The van der Waals surface area contributed by atoms with Gasteiger partial charge in [0.25, 0.3) is 5.91 Å². The zero-order valence-electron chi connectivity index (χ0n) is 9.96. The van der Waals surface area contributed by atoms with Gasteiger partial charge in [-0.15, -0.1) is 0 Å². The number of rotatable bonds is 4. The predicted molar refractivity (Wildman–Crippen MR) is 65.8 cm³/mol. The summed E-state index contributed by atoms with van der Waals surface area (Å²) < 4.78 is 5.21. The van der Waals surface area contributed by atoms with E-state index in [1.54, 1.807) is 6.26 Å². The molecule has 2 aromatic rings. The van der Waals surface area contributed by atoms with E-state index in [-0.39, 0.29) is 23.5 Å². The van der Waals surface area contributed by atoms with Crippen molar-refractivity contribution in [1.29, 1.82) is 0 Å². The molecule has 0 aliphatic rings. The summed E-state index contributed by atoms with van der Waals surface area (Å²) in [5.41, 5.74) is 5.68. The van der Waals surface area contributed by atoms with Crippen molar-refractivity contribution in [2.24, 2.45) is 0 Å². The molecule has 0 spiro atoms. The van der Waals surface area contributed by atoms with Crippen LogP contribution in [0.1, 0.15) is 23.2 Å².